The molecule has 1 saturated heterocycles. The standard InChI is InChI=1S/C15H22N6O2/c1-3-13-19-20-15(23-13)9(2)21-6-4-5-10(8-21)11-7-12(14(16)22)18-17-11/h7,9-10H,3-6,8H2,1-2H3,(H2,16,22)(H,17,18)/t9-,10+/m1/s1. The molecule has 3 rings (SSSR count). The van der Waals surface area contributed by atoms with Crippen molar-refractivity contribution in [1.82, 2.24) is 25.3 Å². The van der Waals surface area contributed by atoms with E-state index in [2.05, 4.69) is 32.2 Å². The van der Waals surface area contributed by atoms with E-state index >= 15 is 0 Å². The molecule has 1 aliphatic heterocycles. The molecular weight excluding hydrogens is 296 g/mol. The Kier molecular flexibility index (Phi) is 4.42. The van der Waals surface area contributed by atoms with E-state index in [1.54, 1.807) is 6.07 Å². The third-order valence-electron chi connectivity index (χ3n) is 4.43. The summed E-state index contributed by atoms with van der Waals surface area (Å²) in [5.41, 5.74) is 6.51. The second kappa shape index (κ2) is 6.49. The molecule has 124 valence electrons. The summed E-state index contributed by atoms with van der Waals surface area (Å²) in [6, 6.07) is 1.83. The van der Waals surface area contributed by atoms with E-state index in [4.69, 9.17) is 10.2 Å². The summed E-state index contributed by atoms with van der Waals surface area (Å²) in [6.45, 7) is 5.91. The first-order chi connectivity index (χ1) is 11.1. The van der Waals surface area contributed by atoms with Gasteiger partial charge in [0.25, 0.3) is 5.91 Å². The molecule has 0 radical (unpaired) electrons. The Labute approximate surface area is 134 Å². The molecule has 8 heteroatoms. The van der Waals surface area contributed by atoms with Gasteiger partial charge in [0.05, 0.1) is 6.04 Å². The van der Waals surface area contributed by atoms with Crippen LogP contribution in [0.15, 0.2) is 10.5 Å². The third-order valence-corrected chi connectivity index (χ3v) is 4.43. The van der Waals surface area contributed by atoms with Gasteiger partial charge in [-0.3, -0.25) is 14.8 Å². The number of hydrogen-bond donors (Lipinski definition) is 2. The highest BCUT2D eigenvalue weighted by Crippen LogP contribution is 2.31. The van der Waals surface area contributed by atoms with Gasteiger partial charge in [0, 0.05) is 24.6 Å². The van der Waals surface area contributed by atoms with E-state index in [0.717, 1.165) is 38.0 Å². The Bertz CT molecular complexity index is 679. The number of nitrogens with zero attached hydrogens (tertiary/aromatic N) is 4. The monoisotopic (exact) mass is 318 g/mol. The van der Waals surface area contributed by atoms with E-state index in [9.17, 15) is 4.79 Å². The average Bonchev–Trinajstić information content (AvgIpc) is 3.23. The van der Waals surface area contributed by atoms with Crippen molar-refractivity contribution in [2.75, 3.05) is 13.1 Å². The van der Waals surface area contributed by atoms with Crippen LogP contribution in [0.4, 0.5) is 0 Å². The summed E-state index contributed by atoms with van der Waals surface area (Å²) in [5.74, 6) is 1.11. The lowest BCUT2D eigenvalue weighted by Crippen LogP contribution is -2.36. The van der Waals surface area contributed by atoms with E-state index in [1.807, 2.05) is 6.92 Å². The van der Waals surface area contributed by atoms with Crippen LogP contribution in [0.2, 0.25) is 0 Å². The lowest BCUT2D eigenvalue weighted by molar-refractivity contribution is 0.0995. The van der Waals surface area contributed by atoms with Crippen LogP contribution in [-0.4, -0.2) is 44.3 Å². The number of carbonyl (C=O) groups excluding carboxylic acids is 1. The molecule has 1 amide bonds. The number of rotatable bonds is 5. The predicted molar refractivity (Wildman–Crippen MR) is 82.7 cm³/mol. The molecule has 0 spiro atoms. The smallest absolute Gasteiger partial charge is 0.269 e. The first-order valence-corrected chi connectivity index (χ1v) is 8.00. The van der Waals surface area contributed by atoms with Gasteiger partial charge in [0.1, 0.15) is 5.69 Å². The summed E-state index contributed by atoms with van der Waals surface area (Å²) in [5, 5.41) is 15.1. The Hall–Kier alpha value is -2.22. The van der Waals surface area contributed by atoms with Gasteiger partial charge in [-0.05, 0) is 32.4 Å². The molecule has 0 aromatic carbocycles. The fourth-order valence-corrected chi connectivity index (χ4v) is 3.02. The molecule has 1 aliphatic rings. The topological polar surface area (TPSA) is 114 Å². The van der Waals surface area contributed by atoms with E-state index in [1.165, 1.54) is 0 Å². The summed E-state index contributed by atoms with van der Waals surface area (Å²) in [4.78, 5) is 13.5. The second-order valence-electron chi connectivity index (χ2n) is 5.97. The van der Waals surface area contributed by atoms with Crippen LogP contribution in [0, 0.1) is 0 Å². The Balaban J connectivity index is 1.70. The molecular formula is C15H22N6O2. The van der Waals surface area contributed by atoms with Crippen LogP contribution in [-0.2, 0) is 6.42 Å². The van der Waals surface area contributed by atoms with Crippen LogP contribution in [0.3, 0.4) is 0 Å². The van der Waals surface area contributed by atoms with Gasteiger partial charge in [0.15, 0.2) is 0 Å². The molecule has 2 atom stereocenters. The number of aromatic amines is 1. The minimum Gasteiger partial charge on any atom is -0.424 e. The summed E-state index contributed by atoms with van der Waals surface area (Å²) >= 11 is 0. The van der Waals surface area contributed by atoms with Gasteiger partial charge in [0.2, 0.25) is 11.8 Å². The van der Waals surface area contributed by atoms with Gasteiger partial charge < -0.3 is 10.2 Å². The van der Waals surface area contributed by atoms with Crippen molar-refractivity contribution < 1.29 is 9.21 Å². The van der Waals surface area contributed by atoms with Crippen molar-refractivity contribution >= 4 is 5.91 Å². The quantitative estimate of drug-likeness (QED) is 0.861. The fraction of sp³-hybridized carbons (Fsp3) is 0.600. The molecule has 0 aliphatic carbocycles. The molecule has 0 unspecified atom stereocenters. The number of hydrogen-bond acceptors (Lipinski definition) is 6. The van der Waals surface area contributed by atoms with Crippen molar-refractivity contribution in [3.63, 3.8) is 0 Å². The molecule has 8 nitrogen and oxygen atoms in total. The largest absolute Gasteiger partial charge is 0.424 e. The number of H-pyrrole nitrogens is 1. The predicted octanol–water partition coefficient (Wildman–Crippen LogP) is 1.39. The molecule has 23 heavy (non-hydrogen) atoms. The normalized spacial score (nSPS) is 20.5. The lowest BCUT2D eigenvalue weighted by atomic mass is 9.93. The molecule has 0 bridgehead atoms. The van der Waals surface area contributed by atoms with Gasteiger partial charge in [-0.25, -0.2) is 0 Å². The number of amides is 1. The molecule has 2 aromatic rings. The number of aromatic nitrogens is 4. The fourth-order valence-electron chi connectivity index (χ4n) is 3.02. The van der Waals surface area contributed by atoms with Crippen LogP contribution in [0.25, 0.3) is 0 Å². The third kappa shape index (κ3) is 3.26. The zero-order chi connectivity index (χ0) is 16.4. The van der Waals surface area contributed by atoms with Crippen molar-refractivity contribution in [1.29, 1.82) is 0 Å². The van der Waals surface area contributed by atoms with Gasteiger partial charge >= 0.3 is 0 Å². The van der Waals surface area contributed by atoms with Crippen molar-refractivity contribution in [3.05, 3.63) is 29.2 Å². The highest BCUT2D eigenvalue weighted by Gasteiger charge is 2.29. The molecule has 2 aromatic heterocycles. The maximum atomic E-state index is 11.2. The number of nitrogens with two attached hydrogens (primary N) is 1. The number of carbonyl (C=O) groups is 1. The van der Waals surface area contributed by atoms with Gasteiger partial charge in [-0.15, -0.1) is 10.2 Å². The highest BCUT2D eigenvalue weighted by atomic mass is 16.4. The number of aryl methyl sites for hydroxylation is 1. The summed E-state index contributed by atoms with van der Waals surface area (Å²) in [6.07, 6.45) is 2.86. The van der Waals surface area contributed by atoms with Crippen LogP contribution in [0.1, 0.15) is 66.6 Å². The van der Waals surface area contributed by atoms with Gasteiger partial charge in [-0.2, -0.15) is 5.10 Å². The van der Waals surface area contributed by atoms with Crippen LogP contribution in [0.5, 0.6) is 0 Å². The van der Waals surface area contributed by atoms with E-state index in [-0.39, 0.29) is 11.7 Å². The zero-order valence-corrected chi connectivity index (χ0v) is 13.5. The molecule has 1 fully saturated rings. The number of piperidine rings is 1. The second-order valence-corrected chi connectivity index (χ2v) is 5.97. The summed E-state index contributed by atoms with van der Waals surface area (Å²) in [7, 11) is 0. The highest BCUT2D eigenvalue weighted by molar-refractivity contribution is 5.90. The minimum absolute atomic E-state index is 0.0733. The van der Waals surface area contributed by atoms with Crippen LogP contribution < -0.4 is 5.73 Å². The lowest BCUT2D eigenvalue weighted by Gasteiger charge is -2.34. The SMILES string of the molecule is CCc1nnc([C@@H](C)N2CCC[C@H](c3cc(C(N)=O)n[nH]3)C2)o1. The number of primary amides is 1. The zero-order valence-electron chi connectivity index (χ0n) is 13.5. The first-order valence-electron chi connectivity index (χ1n) is 8.00. The van der Waals surface area contributed by atoms with Crippen molar-refractivity contribution in [2.45, 2.75) is 45.1 Å². The molecule has 3 N–H and O–H groups in total. The van der Waals surface area contributed by atoms with Crippen molar-refractivity contribution in [2.24, 2.45) is 5.73 Å². The minimum atomic E-state index is -0.508. The number of nitrogens with one attached hydrogen (secondary N) is 1. The van der Waals surface area contributed by atoms with Gasteiger partial charge in [-0.1, -0.05) is 6.92 Å². The molecule has 0 saturated carbocycles. The summed E-state index contributed by atoms with van der Waals surface area (Å²) < 4.78 is 5.68. The maximum Gasteiger partial charge on any atom is 0.269 e. The Morgan fingerprint density at radius 2 is 2.39 bits per heavy atom. The van der Waals surface area contributed by atoms with Crippen molar-refractivity contribution in [3.8, 4) is 0 Å². The first kappa shape index (κ1) is 15.7. The number of likely N-dealkylation sites (tertiary alicyclic amines) is 1. The van der Waals surface area contributed by atoms with Crippen LogP contribution >= 0.6 is 0 Å². The van der Waals surface area contributed by atoms with E-state index in [0.29, 0.717) is 17.7 Å². The Morgan fingerprint density at radius 3 is 3.04 bits per heavy atom. The molecule has 3 heterocycles. The maximum absolute atomic E-state index is 11.2. The Morgan fingerprint density at radius 1 is 1.57 bits per heavy atom. The average molecular weight is 318 g/mol. The van der Waals surface area contributed by atoms with E-state index < -0.39 is 5.91 Å².